The maximum absolute atomic E-state index is 10.9. The summed E-state index contributed by atoms with van der Waals surface area (Å²) in [5.74, 6) is 0.550. The molecule has 8 heteroatoms. The van der Waals surface area contributed by atoms with Crippen LogP contribution in [0.2, 0.25) is 0 Å². The minimum Gasteiger partial charge on any atom is -0.379 e. The molecule has 1 aromatic carbocycles. The molecule has 1 aliphatic heterocycles. The Labute approximate surface area is 165 Å². The molecule has 1 N–H and O–H groups in total. The van der Waals surface area contributed by atoms with E-state index in [4.69, 9.17) is 4.74 Å². The zero-order valence-corrected chi connectivity index (χ0v) is 16.8. The van der Waals surface area contributed by atoms with Gasteiger partial charge in [-0.1, -0.05) is 13.8 Å². The minimum absolute atomic E-state index is 0.0876. The van der Waals surface area contributed by atoms with Crippen molar-refractivity contribution in [2.24, 2.45) is 13.0 Å². The van der Waals surface area contributed by atoms with E-state index < -0.39 is 0 Å². The highest BCUT2D eigenvalue weighted by Gasteiger charge is 2.23. The monoisotopic (exact) mass is 387 g/mol. The Kier molecular flexibility index (Phi) is 6.77. The molecule has 8 nitrogen and oxygen atoms in total. The van der Waals surface area contributed by atoms with Gasteiger partial charge in [0.15, 0.2) is 0 Å². The first-order chi connectivity index (χ1) is 13.5. The van der Waals surface area contributed by atoms with Gasteiger partial charge in [0, 0.05) is 68.7 Å². The van der Waals surface area contributed by atoms with Crippen LogP contribution in [-0.2, 0) is 18.3 Å². The summed E-state index contributed by atoms with van der Waals surface area (Å²) in [6, 6.07) is 7.02. The quantitative estimate of drug-likeness (QED) is 0.553. The maximum atomic E-state index is 10.9. The van der Waals surface area contributed by atoms with Gasteiger partial charge < -0.3 is 10.1 Å². The minimum atomic E-state index is -0.387. The molecule has 1 saturated heterocycles. The fraction of sp³-hybridized carbons (Fsp3) is 0.550. The topological polar surface area (TPSA) is 85.5 Å². The molecule has 1 unspecified atom stereocenters. The number of hydrogen-bond acceptors (Lipinski definition) is 6. The Bertz CT molecular complexity index is 782. The first kappa shape index (κ1) is 20.4. The summed E-state index contributed by atoms with van der Waals surface area (Å²) >= 11 is 0. The lowest BCUT2D eigenvalue weighted by atomic mass is 10.0. The second-order valence-electron chi connectivity index (χ2n) is 7.57. The standard InChI is InChI=1S/C20H29N5O3/c1-15(2)19(24-8-10-28-11-9-24)13-21-12-17-14-23(3)22-20(17)16-4-6-18(7-5-16)25(26)27/h4-7,14-15,19,21H,8-13H2,1-3H3. The zero-order valence-electron chi connectivity index (χ0n) is 16.8. The van der Waals surface area contributed by atoms with Crippen LogP contribution in [0.15, 0.2) is 30.5 Å². The first-order valence-electron chi connectivity index (χ1n) is 9.75. The molecular weight excluding hydrogens is 358 g/mol. The number of nitrogens with one attached hydrogen (secondary N) is 1. The van der Waals surface area contributed by atoms with Gasteiger partial charge in [-0.2, -0.15) is 5.10 Å². The van der Waals surface area contributed by atoms with E-state index in [9.17, 15) is 10.1 Å². The number of nitro groups is 1. The Morgan fingerprint density at radius 3 is 2.54 bits per heavy atom. The van der Waals surface area contributed by atoms with Crippen LogP contribution < -0.4 is 5.32 Å². The first-order valence-corrected chi connectivity index (χ1v) is 9.75. The van der Waals surface area contributed by atoms with Gasteiger partial charge >= 0.3 is 0 Å². The number of non-ortho nitro benzene ring substituents is 1. The van der Waals surface area contributed by atoms with Crippen molar-refractivity contribution in [3.05, 3.63) is 46.1 Å². The second-order valence-corrected chi connectivity index (χ2v) is 7.57. The molecule has 1 atom stereocenters. The van der Waals surface area contributed by atoms with E-state index in [0.717, 1.165) is 49.7 Å². The average Bonchev–Trinajstić information content (AvgIpc) is 3.06. The summed E-state index contributed by atoms with van der Waals surface area (Å²) in [6.07, 6.45) is 2.00. The van der Waals surface area contributed by atoms with Crippen molar-refractivity contribution >= 4 is 5.69 Å². The summed E-state index contributed by atoms with van der Waals surface area (Å²) in [6.45, 7) is 9.67. The van der Waals surface area contributed by atoms with E-state index >= 15 is 0 Å². The second kappa shape index (κ2) is 9.27. The van der Waals surface area contributed by atoms with E-state index in [-0.39, 0.29) is 10.6 Å². The van der Waals surface area contributed by atoms with Gasteiger partial charge in [-0.05, 0) is 18.1 Å². The largest absolute Gasteiger partial charge is 0.379 e. The molecule has 2 heterocycles. The Hall–Kier alpha value is -2.29. The fourth-order valence-corrected chi connectivity index (χ4v) is 3.70. The molecule has 1 aromatic heterocycles. The van der Waals surface area contributed by atoms with Crippen molar-refractivity contribution in [3.8, 4) is 11.3 Å². The highest BCUT2D eigenvalue weighted by Crippen LogP contribution is 2.24. The van der Waals surface area contributed by atoms with Crippen molar-refractivity contribution in [2.45, 2.75) is 26.4 Å². The number of morpholine rings is 1. The van der Waals surface area contributed by atoms with E-state index in [1.807, 2.05) is 13.2 Å². The lowest BCUT2D eigenvalue weighted by Crippen LogP contribution is -2.50. The third-order valence-corrected chi connectivity index (χ3v) is 5.21. The molecule has 0 radical (unpaired) electrons. The van der Waals surface area contributed by atoms with Gasteiger partial charge in [-0.15, -0.1) is 0 Å². The summed E-state index contributed by atoms with van der Waals surface area (Å²) < 4.78 is 7.27. The third-order valence-electron chi connectivity index (χ3n) is 5.21. The lowest BCUT2D eigenvalue weighted by Gasteiger charge is -2.37. The molecule has 0 bridgehead atoms. The number of aryl methyl sites for hydroxylation is 1. The van der Waals surface area contributed by atoms with Crippen LogP contribution in [0.25, 0.3) is 11.3 Å². The van der Waals surface area contributed by atoms with Gasteiger partial charge in [0.1, 0.15) is 0 Å². The van der Waals surface area contributed by atoms with Crippen molar-refractivity contribution in [2.75, 3.05) is 32.8 Å². The molecule has 1 fully saturated rings. The number of benzene rings is 1. The maximum Gasteiger partial charge on any atom is 0.269 e. The molecule has 0 saturated carbocycles. The number of nitrogens with zero attached hydrogens (tertiary/aromatic N) is 4. The van der Waals surface area contributed by atoms with Crippen LogP contribution in [0.3, 0.4) is 0 Å². The lowest BCUT2D eigenvalue weighted by molar-refractivity contribution is -0.384. The smallest absolute Gasteiger partial charge is 0.269 e. The molecule has 152 valence electrons. The number of hydrogen-bond donors (Lipinski definition) is 1. The predicted octanol–water partition coefficient (Wildman–Crippen LogP) is 2.44. The summed E-state index contributed by atoms with van der Waals surface area (Å²) in [4.78, 5) is 13.0. The number of ether oxygens (including phenoxy) is 1. The van der Waals surface area contributed by atoms with Crippen LogP contribution in [0.5, 0.6) is 0 Å². The van der Waals surface area contributed by atoms with Crippen LogP contribution in [0.1, 0.15) is 19.4 Å². The summed E-state index contributed by atoms with van der Waals surface area (Å²) in [5.41, 5.74) is 2.92. The molecule has 0 spiro atoms. The van der Waals surface area contributed by atoms with Gasteiger partial charge in [-0.3, -0.25) is 19.7 Å². The van der Waals surface area contributed by atoms with Crippen LogP contribution in [0, 0.1) is 16.0 Å². The molecule has 28 heavy (non-hydrogen) atoms. The highest BCUT2D eigenvalue weighted by atomic mass is 16.6. The molecule has 0 amide bonds. The molecule has 0 aliphatic carbocycles. The molecule has 1 aliphatic rings. The van der Waals surface area contributed by atoms with Crippen molar-refractivity contribution < 1.29 is 9.66 Å². The summed E-state index contributed by atoms with van der Waals surface area (Å²) in [7, 11) is 1.89. The average molecular weight is 387 g/mol. The Balaban J connectivity index is 1.66. The fourth-order valence-electron chi connectivity index (χ4n) is 3.70. The van der Waals surface area contributed by atoms with Crippen molar-refractivity contribution in [1.82, 2.24) is 20.0 Å². The molecule has 2 aromatic rings. The van der Waals surface area contributed by atoms with E-state index in [1.165, 1.54) is 12.1 Å². The van der Waals surface area contributed by atoms with Crippen LogP contribution in [-0.4, -0.2) is 58.5 Å². The third kappa shape index (κ3) is 4.95. The number of aromatic nitrogens is 2. The summed E-state index contributed by atoms with van der Waals surface area (Å²) in [5, 5.41) is 19.0. The predicted molar refractivity (Wildman–Crippen MR) is 108 cm³/mol. The van der Waals surface area contributed by atoms with E-state index in [1.54, 1.807) is 16.8 Å². The SMILES string of the molecule is CC(C)C(CNCc1cn(C)nc1-c1ccc([N+](=O)[O-])cc1)N1CCOCC1. The van der Waals surface area contributed by atoms with Gasteiger partial charge in [0.25, 0.3) is 5.69 Å². The molecule has 3 rings (SSSR count). The molecular formula is C20H29N5O3. The Morgan fingerprint density at radius 1 is 1.25 bits per heavy atom. The van der Waals surface area contributed by atoms with Gasteiger partial charge in [-0.25, -0.2) is 0 Å². The van der Waals surface area contributed by atoms with E-state index in [2.05, 4.69) is 29.2 Å². The van der Waals surface area contributed by atoms with Gasteiger partial charge in [0.2, 0.25) is 0 Å². The van der Waals surface area contributed by atoms with Gasteiger partial charge in [0.05, 0.1) is 23.8 Å². The Morgan fingerprint density at radius 2 is 1.93 bits per heavy atom. The van der Waals surface area contributed by atoms with E-state index in [0.29, 0.717) is 18.5 Å². The number of nitro benzene ring substituents is 1. The van der Waals surface area contributed by atoms with Crippen molar-refractivity contribution in [1.29, 1.82) is 0 Å². The zero-order chi connectivity index (χ0) is 20.1. The highest BCUT2D eigenvalue weighted by molar-refractivity contribution is 5.64. The normalized spacial score (nSPS) is 16.4. The van der Waals surface area contributed by atoms with Crippen LogP contribution in [0.4, 0.5) is 5.69 Å². The number of rotatable bonds is 8. The van der Waals surface area contributed by atoms with Crippen LogP contribution >= 0.6 is 0 Å². The van der Waals surface area contributed by atoms with Crippen molar-refractivity contribution in [3.63, 3.8) is 0 Å².